The van der Waals surface area contributed by atoms with Crippen molar-refractivity contribution in [3.8, 4) is 5.75 Å². The van der Waals surface area contributed by atoms with Gasteiger partial charge >= 0.3 is 0 Å². The third kappa shape index (κ3) is 2.98. The summed E-state index contributed by atoms with van der Waals surface area (Å²) in [6, 6.07) is 5.50. The van der Waals surface area contributed by atoms with Crippen molar-refractivity contribution in [2.45, 2.75) is 57.8 Å². The minimum atomic E-state index is -2.07. The molecule has 0 bridgehead atoms. The minimum Gasteiger partial charge on any atom is -0.497 e. The van der Waals surface area contributed by atoms with Crippen LogP contribution in [-0.2, 0) is 15.9 Å². The van der Waals surface area contributed by atoms with E-state index in [4.69, 9.17) is 14.2 Å². The van der Waals surface area contributed by atoms with Crippen LogP contribution in [0, 0.1) is 0 Å². The number of ether oxygens (including phenoxy) is 1. The SMILES string of the molecule is COc1ccc2c(c1)CC(C)(OO[Si](C)(C)C(C)(C)C)C2=O. The second-order valence-corrected chi connectivity index (χ2v) is 12.4. The third-order valence-corrected chi connectivity index (χ3v) is 8.92. The van der Waals surface area contributed by atoms with E-state index in [2.05, 4.69) is 33.9 Å². The topological polar surface area (TPSA) is 44.8 Å². The standard InChI is InChI=1S/C17H26O4Si/c1-16(2,3)22(6,7)21-20-17(4)11-12-10-13(19-5)8-9-14(12)15(17)18/h8-10H,11H2,1-7H3. The average Bonchev–Trinajstić information content (AvgIpc) is 2.67. The molecule has 0 fully saturated rings. The van der Waals surface area contributed by atoms with E-state index in [0.717, 1.165) is 11.3 Å². The minimum absolute atomic E-state index is 0.0242. The molecule has 0 spiro atoms. The van der Waals surface area contributed by atoms with Gasteiger partial charge in [0.1, 0.15) is 5.75 Å². The lowest BCUT2D eigenvalue weighted by Crippen LogP contribution is -2.46. The van der Waals surface area contributed by atoms with Gasteiger partial charge in [-0.2, -0.15) is 0 Å². The Morgan fingerprint density at radius 2 is 1.86 bits per heavy atom. The first-order valence-electron chi connectivity index (χ1n) is 7.59. The van der Waals surface area contributed by atoms with Gasteiger partial charge in [-0.1, -0.05) is 20.8 Å². The van der Waals surface area contributed by atoms with Crippen molar-refractivity contribution in [3.63, 3.8) is 0 Å². The van der Waals surface area contributed by atoms with Crippen LogP contribution in [-0.4, -0.2) is 26.8 Å². The molecule has 5 heteroatoms. The molecular formula is C17H26O4Si. The van der Waals surface area contributed by atoms with Gasteiger partial charge in [0.05, 0.1) is 7.11 Å². The largest absolute Gasteiger partial charge is 0.497 e. The van der Waals surface area contributed by atoms with Gasteiger partial charge in [-0.25, -0.2) is 4.89 Å². The Hall–Kier alpha value is -1.17. The number of carbonyl (C=O) groups excluding carboxylic acids is 1. The molecule has 1 aromatic rings. The second-order valence-electron chi connectivity index (χ2n) is 7.69. The summed E-state index contributed by atoms with van der Waals surface area (Å²) in [7, 11) is -0.450. The van der Waals surface area contributed by atoms with E-state index in [-0.39, 0.29) is 10.8 Å². The maximum absolute atomic E-state index is 12.7. The van der Waals surface area contributed by atoms with Crippen molar-refractivity contribution in [1.29, 1.82) is 0 Å². The maximum atomic E-state index is 12.7. The first kappa shape index (κ1) is 17.2. The molecule has 22 heavy (non-hydrogen) atoms. The van der Waals surface area contributed by atoms with E-state index >= 15 is 0 Å². The molecule has 0 aromatic heterocycles. The predicted octanol–water partition coefficient (Wildman–Crippen LogP) is 4.15. The van der Waals surface area contributed by atoms with Gasteiger partial charge in [0, 0.05) is 12.0 Å². The Morgan fingerprint density at radius 1 is 1.23 bits per heavy atom. The molecule has 1 atom stereocenters. The van der Waals surface area contributed by atoms with Crippen molar-refractivity contribution in [1.82, 2.24) is 0 Å². The number of carbonyl (C=O) groups is 1. The monoisotopic (exact) mass is 322 g/mol. The molecule has 0 radical (unpaired) electrons. The van der Waals surface area contributed by atoms with Crippen molar-refractivity contribution in [3.05, 3.63) is 29.3 Å². The van der Waals surface area contributed by atoms with Crippen LogP contribution >= 0.6 is 0 Å². The Morgan fingerprint density at radius 3 is 2.41 bits per heavy atom. The van der Waals surface area contributed by atoms with E-state index in [0.29, 0.717) is 12.0 Å². The highest BCUT2D eigenvalue weighted by molar-refractivity contribution is 6.73. The lowest BCUT2D eigenvalue weighted by molar-refractivity contribution is -0.277. The number of rotatable bonds is 4. The van der Waals surface area contributed by atoms with Gasteiger partial charge in [-0.3, -0.25) is 9.37 Å². The van der Waals surface area contributed by atoms with Crippen molar-refractivity contribution >= 4 is 14.1 Å². The summed E-state index contributed by atoms with van der Waals surface area (Å²) in [5, 5.41) is 0.0289. The number of benzene rings is 1. The normalized spacial score (nSPS) is 21.9. The van der Waals surface area contributed by atoms with Gasteiger partial charge in [0.2, 0.25) is 8.32 Å². The number of ketones is 1. The molecule has 122 valence electrons. The Labute approximate surface area is 133 Å². The van der Waals surface area contributed by atoms with Crippen LogP contribution in [0.4, 0.5) is 0 Å². The van der Waals surface area contributed by atoms with Crippen LogP contribution in [0.1, 0.15) is 43.6 Å². The predicted molar refractivity (Wildman–Crippen MR) is 88.8 cm³/mol. The van der Waals surface area contributed by atoms with Crippen LogP contribution in [0.25, 0.3) is 0 Å². The summed E-state index contributed by atoms with van der Waals surface area (Å²) in [6.07, 6.45) is 0.507. The number of fused-ring (bicyclic) bond motifs is 1. The summed E-state index contributed by atoms with van der Waals surface area (Å²) in [5.41, 5.74) is 0.692. The molecule has 0 saturated heterocycles. The average molecular weight is 322 g/mol. The number of hydrogen-bond donors (Lipinski definition) is 0. The molecule has 1 aliphatic carbocycles. The maximum Gasteiger partial charge on any atom is 0.238 e. The van der Waals surface area contributed by atoms with Crippen LogP contribution in [0.2, 0.25) is 18.1 Å². The van der Waals surface area contributed by atoms with Gasteiger partial charge in [-0.05, 0) is 48.8 Å². The molecule has 0 N–H and O–H groups in total. The molecule has 0 saturated carbocycles. The van der Waals surface area contributed by atoms with Gasteiger partial charge in [-0.15, -0.1) is 0 Å². The first-order chi connectivity index (χ1) is 10.00. The van der Waals surface area contributed by atoms with Crippen LogP contribution in [0.3, 0.4) is 0 Å². The zero-order valence-electron chi connectivity index (χ0n) is 14.6. The highest BCUT2D eigenvalue weighted by atomic mass is 28.4. The number of methoxy groups -OCH3 is 1. The van der Waals surface area contributed by atoms with E-state index in [1.807, 2.05) is 6.07 Å². The lowest BCUT2D eigenvalue weighted by atomic mass is 10.0. The summed E-state index contributed by atoms with van der Waals surface area (Å²) in [6.45, 7) is 12.4. The fourth-order valence-electron chi connectivity index (χ4n) is 2.18. The Bertz CT molecular complexity index is 589. The highest BCUT2D eigenvalue weighted by Gasteiger charge is 2.47. The molecule has 0 aliphatic heterocycles. The summed E-state index contributed by atoms with van der Waals surface area (Å²) >= 11 is 0. The van der Waals surface area contributed by atoms with Crippen molar-refractivity contribution in [2.75, 3.05) is 7.11 Å². The molecule has 4 nitrogen and oxygen atoms in total. The van der Waals surface area contributed by atoms with Gasteiger partial charge in [0.15, 0.2) is 11.4 Å². The van der Waals surface area contributed by atoms with Crippen LogP contribution in [0.15, 0.2) is 18.2 Å². The molecule has 2 rings (SSSR count). The van der Waals surface area contributed by atoms with E-state index in [1.54, 1.807) is 26.2 Å². The molecule has 1 unspecified atom stereocenters. The van der Waals surface area contributed by atoms with Crippen LogP contribution < -0.4 is 4.74 Å². The quantitative estimate of drug-likeness (QED) is 0.474. The Balaban J connectivity index is 2.18. The second kappa shape index (κ2) is 5.48. The van der Waals surface area contributed by atoms with Gasteiger partial charge < -0.3 is 4.74 Å². The molecule has 0 heterocycles. The summed E-state index contributed by atoms with van der Waals surface area (Å²) in [4.78, 5) is 18.4. The smallest absolute Gasteiger partial charge is 0.238 e. The zero-order chi connectivity index (χ0) is 16.8. The van der Waals surface area contributed by atoms with Gasteiger partial charge in [0.25, 0.3) is 0 Å². The summed E-state index contributed by atoms with van der Waals surface area (Å²) < 4.78 is 11.1. The molecule has 1 aromatic carbocycles. The zero-order valence-corrected chi connectivity index (χ0v) is 15.6. The number of hydrogen-bond acceptors (Lipinski definition) is 4. The van der Waals surface area contributed by atoms with Crippen LogP contribution in [0.5, 0.6) is 5.75 Å². The lowest BCUT2D eigenvalue weighted by Gasteiger charge is -2.36. The van der Waals surface area contributed by atoms with E-state index < -0.39 is 13.9 Å². The fraction of sp³-hybridized carbons (Fsp3) is 0.588. The van der Waals surface area contributed by atoms with Crippen molar-refractivity contribution < 1.29 is 19.0 Å². The third-order valence-electron chi connectivity index (χ3n) is 4.81. The molecule has 1 aliphatic rings. The van der Waals surface area contributed by atoms with E-state index in [9.17, 15) is 4.79 Å². The fourth-order valence-corrected chi connectivity index (χ4v) is 2.82. The van der Waals surface area contributed by atoms with E-state index in [1.165, 1.54) is 0 Å². The van der Waals surface area contributed by atoms with Crippen molar-refractivity contribution in [2.24, 2.45) is 0 Å². The Kier molecular flexibility index (Phi) is 4.28. The molecule has 0 amide bonds. The molecular weight excluding hydrogens is 296 g/mol. The summed E-state index contributed by atoms with van der Waals surface area (Å²) in [5.74, 6) is 0.727. The highest BCUT2D eigenvalue weighted by Crippen LogP contribution is 2.40. The first-order valence-corrected chi connectivity index (χ1v) is 10.5. The number of Topliss-reactive ketones (excluding diaryl/α,β-unsaturated/α-hetero) is 1.